The Labute approximate surface area is 161 Å². The Kier molecular flexibility index (Phi) is 5.19. The maximum absolute atomic E-state index is 12.4. The molecule has 1 amide bonds. The number of thioether (sulfide) groups is 1. The Balaban J connectivity index is 1.40. The van der Waals surface area contributed by atoms with Gasteiger partial charge in [-0.1, -0.05) is 36.7 Å². The Morgan fingerprint density at radius 2 is 2.15 bits per heavy atom. The van der Waals surface area contributed by atoms with Gasteiger partial charge in [-0.15, -0.1) is 5.10 Å². The number of anilines is 1. The second kappa shape index (κ2) is 7.91. The number of carbonyl (C=O) groups excluding carboxylic acids is 1. The fourth-order valence-corrected chi connectivity index (χ4v) is 4.04. The van der Waals surface area contributed by atoms with Gasteiger partial charge < -0.3 is 5.32 Å². The number of tetrazole rings is 1. The average molecular weight is 383 g/mol. The van der Waals surface area contributed by atoms with Crippen molar-refractivity contribution in [1.82, 2.24) is 30.0 Å². The summed E-state index contributed by atoms with van der Waals surface area (Å²) in [6.45, 7) is 2.02. The van der Waals surface area contributed by atoms with E-state index in [4.69, 9.17) is 0 Å². The van der Waals surface area contributed by atoms with Crippen LogP contribution < -0.4 is 5.32 Å². The lowest BCUT2D eigenvalue weighted by atomic mass is 10.2. The summed E-state index contributed by atoms with van der Waals surface area (Å²) in [7, 11) is 0. The highest BCUT2D eigenvalue weighted by Crippen LogP contribution is 2.31. The van der Waals surface area contributed by atoms with Crippen LogP contribution in [0.25, 0.3) is 5.69 Å². The molecule has 1 saturated carbocycles. The van der Waals surface area contributed by atoms with Crippen LogP contribution in [0.3, 0.4) is 0 Å². The molecule has 27 heavy (non-hydrogen) atoms. The van der Waals surface area contributed by atoms with Crippen molar-refractivity contribution in [3.05, 3.63) is 42.1 Å². The molecule has 1 aromatic carbocycles. The molecule has 0 spiro atoms. The maximum Gasteiger partial charge on any atom is 0.235 e. The van der Waals surface area contributed by atoms with Gasteiger partial charge in [0.25, 0.3) is 0 Å². The minimum Gasteiger partial charge on any atom is -0.310 e. The zero-order chi connectivity index (χ0) is 18.6. The molecular formula is C18H21N7OS. The Bertz CT molecular complexity index is 929. The number of benzene rings is 1. The largest absolute Gasteiger partial charge is 0.310 e. The topological polar surface area (TPSA) is 90.5 Å². The molecule has 8 nitrogen and oxygen atoms in total. The van der Waals surface area contributed by atoms with Crippen molar-refractivity contribution < 1.29 is 4.79 Å². The third-order valence-electron chi connectivity index (χ3n) is 4.63. The van der Waals surface area contributed by atoms with E-state index < -0.39 is 0 Å². The molecule has 0 atom stereocenters. The van der Waals surface area contributed by atoms with E-state index in [1.54, 1.807) is 10.9 Å². The van der Waals surface area contributed by atoms with Crippen LogP contribution in [0, 0.1) is 6.92 Å². The fraction of sp³-hybridized carbons (Fsp3) is 0.389. The number of aryl methyl sites for hydroxylation is 1. The Morgan fingerprint density at radius 1 is 1.30 bits per heavy atom. The van der Waals surface area contributed by atoms with Gasteiger partial charge in [0.1, 0.15) is 5.82 Å². The summed E-state index contributed by atoms with van der Waals surface area (Å²) >= 11 is 1.31. The zero-order valence-electron chi connectivity index (χ0n) is 15.1. The SMILES string of the molecule is Cc1cccc(-n2nnnc2SCC(=O)Nc2ccnn2C2CCCC2)c1. The predicted molar refractivity (Wildman–Crippen MR) is 103 cm³/mol. The van der Waals surface area contributed by atoms with Crippen LogP contribution in [0.15, 0.2) is 41.7 Å². The van der Waals surface area contributed by atoms with Crippen molar-refractivity contribution in [2.75, 3.05) is 11.1 Å². The summed E-state index contributed by atoms with van der Waals surface area (Å²) in [5.41, 5.74) is 2.00. The van der Waals surface area contributed by atoms with E-state index in [0.717, 1.165) is 29.9 Å². The van der Waals surface area contributed by atoms with Gasteiger partial charge in [-0.25, -0.2) is 4.68 Å². The number of rotatable bonds is 6. The van der Waals surface area contributed by atoms with E-state index in [2.05, 4.69) is 25.9 Å². The Morgan fingerprint density at radius 3 is 2.96 bits per heavy atom. The van der Waals surface area contributed by atoms with Crippen molar-refractivity contribution in [3.63, 3.8) is 0 Å². The second-order valence-electron chi connectivity index (χ2n) is 6.65. The molecule has 9 heteroatoms. The number of hydrogen-bond acceptors (Lipinski definition) is 6. The molecule has 3 aromatic rings. The highest BCUT2D eigenvalue weighted by atomic mass is 32.2. The number of hydrogen-bond donors (Lipinski definition) is 1. The van der Waals surface area contributed by atoms with E-state index >= 15 is 0 Å². The number of aromatic nitrogens is 6. The lowest BCUT2D eigenvalue weighted by molar-refractivity contribution is -0.113. The standard InChI is InChI=1S/C18H21N7OS/c1-13-5-4-8-15(11-13)25-18(21-22-23-25)27-12-17(26)20-16-9-10-19-24(16)14-6-2-3-7-14/h4-5,8-11,14H,2-3,6-7,12H2,1H3,(H,20,26). The molecule has 1 aliphatic carbocycles. The molecule has 1 N–H and O–H groups in total. The monoisotopic (exact) mass is 383 g/mol. The van der Waals surface area contributed by atoms with Gasteiger partial charge >= 0.3 is 0 Å². The third-order valence-corrected chi connectivity index (χ3v) is 5.55. The van der Waals surface area contributed by atoms with Gasteiger partial charge in [0.15, 0.2) is 0 Å². The minimum atomic E-state index is -0.0986. The van der Waals surface area contributed by atoms with E-state index in [-0.39, 0.29) is 11.7 Å². The van der Waals surface area contributed by atoms with Crippen LogP contribution in [0.1, 0.15) is 37.3 Å². The van der Waals surface area contributed by atoms with Crippen molar-refractivity contribution in [2.24, 2.45) is 0 Å². The predicted octanol–water partition coefficient (Wildman–Crippen LogP) is 3.01. The van der Waals surface area contributed by atoms with Crippen LogP contribution in [0.4, 0.5) is 5.82 Å². The van der Waals surface area contributed by atoms with Crippen LogP contribution >= 0.6 is 11.8 Å². The number of amides is 1. The van der Waals surface area contributed by atoms with E-state index in [0.29, 0.717) is 11.2 Å². The van der Waals surface area contributed by atoms with E-state index in [1.165, 1.54) is 24.6 Å². The highest BCUT2D eigenvalue weighted by molar-refractivity contribution is 7.99. The molecule has 0 aliphatic heterocycles. The molecule has 1 fully saturated rings. The van der Waals surface area contributed by atoms with Crippen LogP contribution in [0.2, 0.25) is 0 Å². The quantitative estimate of drug-likeness (QED) is 0.658. The molecule has 2 heterocycles. The molecule has 0 saturated heterocycles. The van der Waals surface area contributed by atoms with Crippen molar-refractivity contribution in [1.29, 1.82) is 0 Å². The molecule has 4 rings (SSSR count). The fourth-order valence-electron chi connectivity index (χ4n) is 3.35. The van der Waals surface area contributed by atoms with Crippen molar-refractivity contribution >= 4 is 23.5 Å². The first-order valence-electron chi connectivity index (χ1n) is 9.02. The van der Waals surface area contributed by atoms with Gasteiger partial charge in [0.05, 0.1) is 23.7 Å². The summed E-state index contributed by atoms with van der Waals surface area (Å²) in [6.07, 6.45) is 6.40. The first-order valence-corrected chi connectivity index (χ1v) is 10.0. The lowest BCUT2D eigenvalue weighted by Crippen LogP contribution is -2.19. The summed E-state index contributed by atoms with van der Waals surface area (Å²) in [6, 6.07) is 10.1. The molecular weight excluding hydrogens is 362 g/mol. The number of nitrogens with one attached hydrogen (secondary N) is 1. The summed E-state index contributed by atoms with van der Waals surface area (Å²) in [5, 5.41) is 19.7. The normalized spacial score (nSPS) is 14.6. The molecule has 0 unspecified atom stereocenters. The van der Waals surface area contributed by atoms with Crippen LogP contribution in [0.5, 0.6) is 0 Å². The summed E-state index contributed by atoms with van der Waals surface area (Å²) in [5.74, 6) is 0.881. The van der Waals surface area contributed by atoms with Crippen molar-refractivity contribution in [2.45, 2.75) is 43.8 Å². The van der Waals surface area contributed by atoms with Gasteiger partial charge in [-0.2, -0.15) is 9.78 Å². The average Bonchev–Trinajstić information content (AvgIpc) is 3.41. The highest BCUT2D eigenvalue weighted by Gasteiger charge is 2.20. The number of nitrogens with zero attached hydrogens (tertiary/aromatic N) is 6. The summed E-state index contributed by atoms with van der Waals surface area (Å²) in [4.78, 5) is 12.4. The van der Waals surface area contributed by atoms with E-state index in [9.17, 15) is 4.79 Å². The zero-order valence-corrected chi connectivity index (χ0v) is 15.9. The molecule has 0 radical (unpaired) electrons. The number of carbonyl (C=O) groups is 1. The van der Waals surface area contributed by atoms with Crippen molar-refractivity contribution in [3.8, 4) is 5.69 Å². The third kappa shape index (κ3) is 4.02. The van der Waals surface area contributed by atoms with E-state index in [1.807, 2.05) is 41.9 Å². The van der Waals surface area contributed by atoms with Crippen LogP contribution in [-0.2, 0) is 4.79 Å². The minimum absolute atomic E-state index is 0.0986. The second-order valence-corrected chi connectivity index (χ2v) is 7.59. The molecule has 1 aliphatic rings. The maximum atomic E-state index is 12.4. The van der Waals surface area contributed by atoms with Crippen LogP contribution in [-0.4, -0.2) is 41.6 Å². The van der Waals surface area contributed by atoms with Gasteiger partial charge in [-0.05, 0) is 47.9 Å². The lowest BCUT2D eigenvalue weighted by Gasteiger charge is -2.14. The van der Waals surface area contributed by atoms with Gasteiger partial charge in [0.2, 0.25) is 11.1 Å². The first kappa shape index (κ1) is 17.7. The van der Waals surface area contributed by atoms with Gasteiger partial charge in [-0.3, -0.25) is 4.79 Å². The Hall–Kier alpha value is -2.68. The smallest absolute Gasteiger partial charge is 0.235 e. The molecule has 0 bridgehead atoms. The molecule has 2 aromatic heterocycles. The first-order chi connectivity index (χ1) is 13.2. The van der Waals surface area contributed by atoms with Gasteiger partial charge in [0, 0.05) is 6.07 Å². The summed E-state index contributed by atoms with van der Waals surface area (Å²) < 4.78 is 3.58. The molecule has 140 valence electrons.